The smallest absolute Gasteiger partial charge is 0.271 e. The molecule has 0 spiro atoms. The maximum absolute atomic E-state index is 12.3. The van der Waals surface area contributed by atoms with Gasteiger partial charge in [0.15, 0.2) is 0 Å². The molecule has 0 aliphatic heterocycles. The molecule has 0 fully saturated rings. The average Bonchev–Trinajstić information content (AvgIpc) is 2.66. The molecule has 26 heavy (non-hydrogen) atoms. The number of rotatable bonds is 4. The highest BCUT2D eigenvalue weighted by Gasteiger charge is 2.11. The molecular weight excluding hydrogens is 356 g/mol. The van der Waals surface area contributed by atoms with Crippen molar-refractivity contribution in [2.75, 3.05) is 0 Å². The first kappa shape index (κ1) is 17.6. The Morgan fingerprint density at radius 1 is 1.04 bits per heavy atom. The van der Waals surface area contributed by atoms with Gasteiger partial charge in [-0.25, -0.2) is 4.98 Å². The molecule has 3 rings (SSSR count). The van der Waals surface area contributed by atoms with Crippen LogP contribution in [-0.2, 0) is 11.3 Å². The van der Waals surface area contributed by atoms with Gasteiger partial charge in [0.1, 0.15) is 0 Å². The van der Waals surface area contributed by atoms with E-state index in [4.69, 9.17) is 11.6 Å². The number of aryl methyl sites for hydroxylation is 1. The number of para-hydroxylation sites is 1. The van der Waals surface area contributed by atoms with Gasteiger partial charge in [-0.2, -0.15) is 0 Å². The van der Waals surface area contributed by atoms with Crippen LogP contribution in [0.2, 0.25) is 5.02 Å². The van der Waals surface area contributed by atoms with Crippen molar-refractivity contribution in [1.29, 1.82) is 0 Å². The van der Waals surface area contributed by atoms with Crippen LogP contribution in [0.15, 0.2) is 59.7 Å². The van der Waals surface area contributed by atoms with Crippen LogP contribution in [0.4, 0.5) is 0 Å². The van der Waals surface area contributed by atoms with Crippen LogP contribution in [0.25, 0.3) is 10.9 Å². The lowest BCUT2D eigenvalue weighted by molar-refractivity contribution is -0.122. The minimum absolute atomic E-state index is 0.00271. The summed E-state index contributed by atoms with van der Waals surface area (Å²) in [6.45, 7) is 0.143. The Labute approximate surface area is 153 Å². The molecule has 0 saturated heterocycles. The Morgan fingerprint density at radius 2 is 1.77 bits per heavy atom. The second-order valence-corrected chi connectivity index (χ2v) is 5.90. The van der Waals surface area contributed by atoms with Crippen molar-refractivity contribution in [2.45, 2.75) is 13.0 Å². The van der Waals surface area contributed by atoms with Crippen molar-refractivity contribution in [1.82, 2.24) is 20.4 Å². The van der Waals surface area contributed by atoms with Crippen LogP contribution >= 0.6 is 11.6 Å². The fraction of sp³-hybridized carbons (Fsp3) is 0.111. The van der Waals surface area contributed by atoms with Gasteiger partial charge in [0.2, 0.25) is 5.91 Å². The van der Waals surface area contributed by atoms with Crippen molar-refractivity contribution < 1.29 is 9.59 Å². The van der Waals surface area contributed by atoms with E-state index >= 15 is 0 Å². The van der Waals surface area contributed by atoms with Crippen molar-refractivity contribution in [3.8, 4) is 0 Å². The lowest BCUT2D eigenvalue weighted by Gasteiger charge is -2.09. The number of fused-ring (bicyclic) bond motifs is 1. The zero-order valence-electron chi connectivity index (χ0n) is 13.6. The number of aromatic nitrogens is 2. The van der Waals surface area contributed by atoms with Gasteiger partial charge in [0.25, 0.3) is 11.5 Å². The number of halogens is 1. The number of carbonyl (C=O) groups excluding carboxylic acids is 2. The third-order valence-electron chi connectivity index (χ3n) is 3.75. The molecule has 8 heteroatoms. The normalized spacial score (nSPS) is 10.5. The predicted molar refractivity (Wildman–Crippen MR) is 97.7 cm³/mol. The number of hydrogen-bond donors (Lipinski definition) is 2. The van der Waals surface area contributed by atoms with E-state index in [0.717, 1.165) is 0 Å². The van der Waals surface area contributed by atoms with E-state index in [0.29, 0.717) is 10.9 Å². The van der Waals surface area contributed by atoms with E-state index in [1.165, 1.54) is 10.9 Å². The first-order chi connectivity index (χ1) is 12.6. The summed E-state index contributed by atoms with van der Waals surface area (Å²) in [7, 11) is 0. The predicted octanol–water partition coefficient (Wildman–Crippen LogP) is 1.90. The number of carbonyl (C=O) groups is 2. The Bertz CT molecular complexity index is 1030. The van der Waals surface area contributed by atoms with Crippen LogP contribution in [-0.4, -0.2) is 21.4 Å². The number of amides is 2. The Morgan fingerprint density at radius 3 is 2.58 bits per heavy atom. The topological polar surface area (TPSA) is 93.1 Å². The number of benzene rings is 2. The van der Waals surface area contributed by atoms with Crippen LogP contribution in [0.1, 0.15) is 16.8 Å². The summed E-state index contributed by atoms with van der Waals surface area (Å²) in [5, 5.41) is 0.774. The summed E-state index contributed by atoms with van der Waals surface area (Å²) in [5.41, 5.74) is 5.23. The molecular formula is C18H15ClN4O3. The monoisotopic (exact) mass is 370 g/mol. The number of hydrogen-bond acceptors (Lipinski definition) is 4. The molecule has 0 saturated carbocycles. The van der Waals surface area contributed by atoms with E-state index in [2.05, 4.69) is 15.8 Å². The summed E-state index contributed by atoms with van der Waals surface area (Å²) < 4.78 is 1.36. The fourth-order valence-corrected chi connectivity index (χ4v) is 2.61. The quantitative estimate of drug-likeness (QED) is 0.686. The third-order valence-corrected chi connectivity index (χ3v) is 4.07. The second-order valence-electron chi connectivity index (χ2n) is 5.49. The zero-order valence-corrected chi connectivity index (χ0v) is 14.4. The summed E-state index contributed by atoms with van der Waals surface area (Å²) in [4.78, 5) is 40.4. The van der Waals surface area contributed by atoms with Gasteiger partial charge in [-0.15, -0.1) is 0 Å². The minimum atomic E-state index is -0.520. The Balaban J connectivity index is 1.58. The van der Waals surface area contributed by atoms with Crippen LogP contribution < -0.4 is 16.4 Å². The van der Waals surface area contributed by atoms with E-state index in [9.17, 15) is 14.4 Å². The number of nitrogens with zero attached hydrogens (tertiary/aromatic N) is 2. The molecule has 7 nitrogen and oxygen atoms in total. The van der Waals surface area contributed by atoms with E-state index < -0.39 is 11.8 Å². The Hall–Kier alpha value is -3.19. The lowest BCUT2D eigenvalue weighted by atomic mass is 10.2. The van der Waals surface area contributed by atoms with Gasteiger partial charge in [-0.3, -0.25) is 29.8 Å². The molecule has 132 valence electrons. The van der Waals surface area contributed by atoms with Gasteiger partial charge in [0.05, 0.1) is 27.8 Å². The van der Waals surface area contributed by atoms with Crippen LogP contribution in [0.5, 0.6) is 0 Å². The average molecular weight is 371 g/mol. The van der Waals surface area contributed by atoms with Crippen molar-refractivity contribution >= 4 is 34.3 Å². The largest absolute Gasteiger partial charge is 0.298 e. The van der Waals surface area contributed by atoms with Gasteiger partial charge < -0.3 is 0 Å². The summed E-state index contributed by atoms with van der Waals surface area (Å²) in [6, 6.07) is 13.5. The lowest BCUT2D eigenvalue weighted by Crippen LogP contribution is -2.42. The highest BCUT2D eigenvalue weighted by molar-refractivity contribution is 6.33. The first-order valence-electron chi connectivity index (χ1n) is 7.84. The molecule has 1 heterocycles. The maximum Gasteiger partial charge on any atom is 0.271 e. The molecule has 2 N–H and O–H groups in total. The van der Waals surface area contributed by atoms with Crippen LogP contribution in [0, 0.1) is 0 Å². The van der Waals surface area contributed by atoms with Gasteiger partial charge >= 0.3 is 0 Å². The third kappa shape index (κ3) is 3.89. The zero-order chi connectivity index (χ0) is 18.5. The molecule has 1 aromatic heterocycles. The minimum Gasteiger partial charge on any atom is -0.298 e. The highest BCUT2D eigenvalue weighted by Crippen LogP contribution is 2.14. The molecule has 0 bridgehead atoms. The van der Waals surface area contributed by atoms with Gasteiger partial charge in [-0.05, 0) is 24.3 Å². The molecule has 0 atom stereocenters. The van der Waals surface area contributed by atoms with Crippen molar-refractivity contribution in [3.63, 3.8) is 0 Å². The summed E-state index contributed by atoms with van der Waals surface area (Å²) in [6.07, 6.45) is 1.41. The Kier molecular flexibility index (Phi) is 5.28. The molecule has 0 aliphatic rings. The second kappa shape index (κ2) is 7.79. The molecule has 0 unspecified atom stereocenters. The van der Waals surface area contributed by atoms with Gasteiger partial charge in [0, 0.05) is 13.0 Å². The summed E-state index contributed by atoms with van der Waals surface area (Å²) >= 11 is 5.92. The number of hydrazine groups is 1. The molecule has 0 radical (unpaired) electrons. The molecule has 2 aromatic carbocycles. The summed E-state index contributed by atoms with van der Waals surface area (Å²) in [5.74, 6) is -0.959. The standard InChI is InChI=1S/C18H15ClN4O3/c19-14-7-3-1-5-12(14)17(25)22-21-16(24)9-10-23-11-20-15-8-4-2-6-13(15)18(23)26/h1-8,11H,9-10H2,(H,21,24)(H,22,25). The fourth-order valence-electron chi connectivity index (χ4n) is 2.39. The van der Waals surface area contributed by atoms with Crippen molar-refractivity contribution in [3.05, 3.63) is 75.8 Å². The maximum atomic E-state index is 12.3. The molecule has 3 aromatic rings. The van der Waals surface area contributed by atoms with E-state index in [-0.39, 0.29) is 29.1 Å². The molecule has 0 aliphatic carbocycles. The molecule has 2 amide bonds. The highest BCUT2D eigenvalue weighted by atomic mass is 35.5. The van der Waals surface area contributed by atoms with Crippen molar-refractivity contribution in [2.24, 2.45) is 0 Å². The first-order valence-corrected chi connectivity index (χ1v) is 8.22. The van der Waals surface area contributed by atoms with Crippen LogP contribution in [0.3, 0.4) is 0 Å². The van der Waals surface area contributed by atoms with E-state index in [1.54, 1.807) is 48.5 Å². The van der Waals surface area contributed by atoms with E-state index in [1.807, 2.05) is 0 Å². The number of nitrogens with one attached hydrogen (secondary N) is 2. The van der Waals surface area contributed by atoms with Gasteiger partial charge in [-0.1, -0.05) is 35.9 Å². The SMILES string of the molecule is O=C(CCn1cnc2ccccc2c1=O)NNC(=O)c1ccccc1Cl.